The molecule has 2 aliphatic heterocycles. The Balaban J connectivity index is 0.983. The predicted octanol–water partition coefficient (Wildman–Crippen LogP) is 10.5. The molecular weight excluding hydrogens is 596 g/mol. The maximum atomic E-state index is 13.8. The number of nitrogens with one attached hydrogen (secondary N) is 1. The van der Waals surface area contributed by atoms with Gasteiger partial charge in [-0.05, 0) is 63.0 Å². The Morgan fingerprint density at radius 2 is 0.750 bits per heavy atom. The summed E-state index contributed by atoms with van der Waals surface area (Å²) in [6.45, 7) is 2.71. The van der Waals surface area contributed by atoms with E-state index in [0.29, 0.717) is 39.6 Å². The molecule has 1 N–H and O–H groups in total. The van der Waals surface area contributed by atoms with E-state index in [-0.39, 0.29) is 11.8 Å². The van der Waals surface area contributed by atoms with Gasteiger partial charge >= 0.3 is 0 Å². The molecular formula is C42H46N2O4. The fraction of sp³-hybridized carbons (Fsp3) is 0.429. The third kappa shape index (κ3) is 5.73. The maximum Gasteiger partial charge on any atom is 0.261 e. The second-order valence-electron chi connectivity index (χ2n) is 14.0. The van der Waals surface area contributed by atoms with Crippen LogP contribution in [0, 0.1) is 0 Å². The summed E-state index contributed by atoms with van der Waals surface area (Å²) in [6.07, 6.45) is 20.5. The first kappa shape index (κ1) is 32.2. The third-order valence-corrected chi connectivity index (χ3v) is 10.8. The maximum absolute atomic E-state index is 13.8. The summed E-state index contributed by atoms with van der Waals surface area (Å²) in [5, 5.41) is 9.18. The molecule has 0 spiro atoms. The van der Waals surface area contributed by atoms with Gasteiger partial charge in [-0.2, -0.15) is 0 Å². The van der Waals surface area contributed by atoms with Gasteiger partial charge in [0, 0.05) is 39.6 Å². The van der Waals surface area contributed by atoms with Gasteiger partial charge < -0.3 is 0 Å². The van der Waals surface area contributed by atoms with Crippen molar-refractivity contribution in [3.05, 3.63) is 70.8 Å². The van der Waals surface area contributed by atoms with E-state index in [1.807, 2.05) is 36.4 Å². The minimum atomic E-state index is -0.395. The number of carbonyl (C=O) groups excluding carboxylic acids is 4. The Kier molecular flexibility index (Phi) is 9.43. The molecule has 0 aliphatic carbocycles. The summed E-state index contributed by atoms with van der Waals surface area (Å²) in [7, 11) is 0. The highest BCUT2D eigenvalue weighted by Crippen LogP contribution is 2.45. The van der Waals surface area contributed by atoms with E-state index in [2.05, 4.69) is 12.2 Å². The van der Waals surface area contributed by atoms with E-state index in [0.717, 1.165) is 51.6 Å². The smallest absolute Gasteiger partial charge is 0.261 e. The number of nitrogens with zero attached hydrogens (tertiary/aromatic N) is 1. The average Bonchev–Trinajstić information content (AvgIpc) is 3.09. The van der Waals surface area contributed by atoms with Crippen LogP contribution in [0.4, 0.5) is 0 Å². The first-order chi connectivity index (χ1) is 23.5. The second kappa shape index (κ2) is 14.0. The topological polar surface area (TPSA) is 83.6 Å². The van der Waals surface area contributed by atoms with Gasteiger partial charge in [0.25, 0.3) is 23.6 Å². The molecule has 0 aromatic heterocycles. The van der Waals surface area contributed by atoms with Crippen LogP contribution in [-0.4, -0.2) is 35.1 Å². The first-order valence-corrected chi connectivity index (χ1v) is 18.4. The highest BCUT2D eigenvalue weighted by molar-refractivity contribution is 6.41. The van der Waals surface area contributed by atoms with Crippen LogP contribution in [0.15, 0.2) is 48.5 Å². The van der Waals surface area contributed by atoms with Crippen molar-refractivity contribution in [3.8, 4) is 0 Å². The van der Waals surface area contributed by atoms with Crippen molar-refractivity contribution < 1.29 is 19.2 Å². The zero-order valence-corrected chi connectivity index (χ0v) is 28.2. The van der Waals surface area contributed by atoms with Crippen molar-refractivity contribution in [2.75, 3.05) is 6.54 Å². The lowest BCUT2D eigenvalue weighted by Gasteiger charge is -2.29. The van der Waals surface area contributed by atoms with Crippen molar-refractivity contribution in [1.29, 1.82) is 0 Å². The van der Waals surface area contributed by atoms with E-state index in [1.54, 1.807) is 12.1 Å². The van der Waals surface area contributed by atoms with E-state index in [1.165, 1.54) is 88.4 Å². The monoisotopic (exact) mass is 642 g/mol. The van der Waals surface area contributed by atoms with Crippen LogP contribution >= 0.6 is 0 Å². The number of unbranched alkanes of at least 4 members (excludes halogenated alkanes) is 15. The molecule has 0 atom stereocenters. The molecule has 6 heteroatoms. The molecule has 248 valence electrons. The van der Waals surface area contributed by atoms with Crippen LogP contribution in [0.25, 0.3) is 43.1 Å². The van der Waals surface area contributed by atoms with Crippen molar-refractivity contribution in [2.45, 2.75) is 110 Å². The van der Waals surface area contributed by atoms with Gasteiger partial charge in [-0.15, -0.1) is 0 Å². The minimum absolute atomic E-state index is 0.226. The Morgan fingerprint density at radius 1 is 0.417 bits per heavy atom. The Bertz CT molecular complexity index is 1930. The number of fused-ring (bicyclic) bond motifs is 2. The zero-order chi connectivity index (χ0) is 33.2. The standard InChI is InChI=1S/C42H46N2O4/c1-2-3-4-5-6-7-8-9-10-11-12-13-14-15-16-17-26-44-41(47)33-24-20-29-27-18-22-31-37-32(40(46)43-39(31)45)23-19-28(35(27)37)30-21-25-34(42(44)48)38(33)36(29)30/h18-25H,2-17,26H2,1H3,(H,43,45,46). The van der Waals surface area contributed by atoms with Gasteiger partial charge in [-0.3, -0.25) is 29.4 Å². The Morgan fingerprint density at radius 3 is 1.15 bits per heavy atom. The number of hydrogen-bond acceptors (Lipinski definition) is 4. The first-order valence-electron chi connectivity index (χ1n) is 18.4. The van der Waals surface area contributed by atoms with E-state index < -0.39 is 11.8 Å². The zero-order valence-electron chi connectivity index (χ0n) is 28.2. The normalized spacial score (nSPS) is 14.4. The van der Waals surface area contributed by atoms with Crippen LogP contribution < -0.4 is 5.32 Å². The molecule has 48 heavy (non-hydrogen) atoms. The van der Waals surface area contributed by atoms with Crippen LogP contribution in [-0.2, 0) is 0 Å². The molecule has 0 saturated heterocycles. The van der Waals surface area contributed by atoms with E-state index in [9.17, 15) is 19.2 Å². The molecule has 7 rings (SSSR count). The molecule has 4 amide bonds. The van der Waals surface area contributed by atoms with Gasteiger partial charge in [0.1, 0.15) is 0 Å². The van der Waals surface area contributed by atoms with Crippen molar-refractivity contribution >= 4 is 66.7 Å². The quantitative estimate of drug-likeness (QED) is 0.0473. The van der Waals surface area contributed by atoms with Crippen LogP contribution in [0.1, 0.15) is 151 Å². The number of hydrogen-bond donors (Lipinski definition) is 1. The van der Waals surface area contributed by atoms with Gasteiger partial charge in [-0.25, -0.2) is 0 Å². The van der Waals surface area contributed by atoms with Crippen LogP contribution in [0.2, 0.25) is 0 Å². The SMILES string of the molecule is CCCCCCCCCCCCCCCCCCN1C(=O)c2ccc3c4ccc5c6c(ccc(c7ccc(c2c37)C1=O)c64)C(=O)NC5=O. The van der Waals surface area contributed by atoms with Crippen molar-refractivity contribution in [3.63, 3.8) is 0 Å². The lowest BCUT2D eigenvalue weighted by atomic mass is 9.82. The lowest BCUT2D eigenvalue weighted by molar-refractivity contribution is 0.0606. The number of carbonyl (C=O) groups is 4. The summed E-state index contributed by atoms with van der Waals surface area (Å²) in [6, 6.07) is 15.0. The van der Waals surface area contributed by atoms with E-state index in [4.69, 9.17) is 0 Å². The Hall–Kier alpha value is -4.32. The van der Waals surface area contributed by atoms with Gasteiger partial charge in [0.05, 0.1) is 0 Å². The van der Waals surface area contributed by atoms with Gasteiger partial charge in [0.15, 0.2) is 0 Å². The number of rotatable bonds is 17. The molecule has 5 aromatic carbocycles. The van der Waals surface area contributed by atoms with Crippen molar-refractivity contribution in [2.24, 2.45) is 0 Å². The number of imide groups is 2. The van der Waals surface area contributed by atoms with Gasteiger partial charge in [0.2, 0.25) is 0 Å². The predicted molar refractivity (Wildman–Crippen MR) is 194 cm³/mol. The molecule has 0 radical (unpaired) electrons. The van der Waals surface area contributed by atoms with Crippen LogP contribution in [0.3, 0.4) is 0 Å². The molecule has 6 nitrogen and oxygen atoms in total. The number of benzene rings is 5. The summed E-state index contributed by atoms with van der Waals surface area (Å²) in [5.74, 6) is -1.24. The lowest BCUT2D eigenvalue weighted by Crippen LogP contribution is -2.40. The molecule has 0 saturated carbocycles. The average molecular weight is 643 g/mol. The van der Waals surface area contributed by atoms with Crippen molar-refractivity contribution in [1.82, 2.24) is 10.2 Å². The summed E-state index contributed by atoms with van der Waals surface area (Å²) >= 11 is 0. The van der Waals surface area contributed by atoms with E-state index >= 15 is 0 Å². The third-order valence-electron chi connectivity index (χ3n) is 10.8. The molecule has 0 fully saturated rings. The summed E-state index contributed by atoms with van der Waals surface area (Å²) in [5.41, 5.74) is 2.08. The largest absolute Gasteiger partial charge is 0.288 e. The molecule has 0 bridgehead atoms. The Labute approximate surface area is 282 Å². The number of amides is 4. The molecule has 2 heterocycles. The fourth-order valence-corrected chi connectivity index (χ4v) is 8.27. The summed E-state index contributed by atoms with van der Waals surface area (Å²) < 4.78 is 0. The van der Waals surface area contributed by atoms with Crippen LogP contribution in [0.5, 0.6) is 0 Å². The summed E-state index contributed by atoms with van der Waals surface area (Å²) in [4.78, 5) is 54.5. The van der Waals surface area contributed by atoms with Gasteiger partial charge in [-0.1, -0.05) is 128 Å². The highest BCUT2D eigenvalue weighted by atomic mass is 16.2. The minimum Gasteiger partial charge on any atom is -0.288 e. The fourth-order valence-electron chi connectivity index (χ4n) is 8.27. The highest BCUT2D eigenvalue weighted by Gasteiger charge is 2.34. The molecule has 2 aliphatic rings. The second-order valence-corrected chi connectivity index (χ2v) is 14.0. The molecule has 5 aromatic rings. The molecule has 0 unspecified atom stereocenters.